The number of amides is 1. The van der Waals surface area contributed by atoms with Gasteiger partial charge in [-0.25, -0.2) is 0 Å². The van der Waals surface area contributed by atoms with E-state index in [1.54, 1.807) is 0 Å². The van der Waals surface area contributed by atoms with E-state index >= 15 is 0 Å². The molecule has 1 heterocycles. The highest BCUT2D eigenvalue weighted by Crippen LogP contribution is 2.57. The lowest BCUT2D eigenvalue weighted by Gasteiger charge is -2.55. The van der Waals surface area contributed by atoms with Crippen molar-refractivity contribution in [3.63, 3.8) is 0 Å². The van der Waals surface area contributed by atoms with E-state index in [2.05, 4.69) is 43.1 Å². The Hall–Kier alpha value is -1.20. The lowest BCUT2D eigenvalue weighted by atomic mass is 9.53. The standard InChI is InChI=1S/C26H37N3OS.ClH/c1-4-18-5-7-22(8-6-18)27-24(30)12-23-16-31-25(29(23)17(2)3)28-26-13-19-9-20(14-26)11-21(10-19)15-26;/h5-8,17,19-21,23H,4,9-16H2,1-3H3,(H,27,30);1H/b28-25-;. The van der Waals surface area contributed by atoms with Crippen molar-refractivity contribution < 1.29 is 4.79 Å². The van der Waals surface area contributed by atoms with Gasteiger partial charge in [-0.15, -0.1) is 12.4 Å². The second-order valence-electron chi connectivity index (χ2n) is 10.8. The first kappa shape index (κ1) is 23.9. The number of hydrogen-bond acceptors (Lipinski definition) is 3. The summed E-state index contributed by atoms with van der Waals surface area (Å²) < 4.78 is 0. The average molecular weight is 476 g/mol. The minimum atomic E-state index is 0. The number of nitrogens with one attached hydrogen (secondary N) is 1. The molecule has 1 saturated heterocycles. The molecule has 4 aliphatic carbocycles. The summed E-state index contributed by atoms with van der Waals surface area (Å²) in [6.45, 7) is 6.64. The molecular formula is C26H38ClN3OS. The third-order valence-corrected chi connectivity index (χ3v) is 9.09. The zero-order valence-corrected chi connectivity index (χ0v) is 21.3. The topological polar surface area (TPSA) is 44.7 Å². The molecule has 4 saturated carbocycles. The number of rotatable bonds is 6. The zero-order valence-electron chi connectivity index (χ0n) is 19.7. The van der Waals surface area contributed by atoms with Crippen LogP contribution in [0.2, 0.25) is 0 Å². The lowest BCUT2D eigenvalue weighted by Crippen LogP contribution is -2.50. The molecule has 0 radical (unpaired) electrons. The summed E-state index contributed by atoms with van der Waals surface area (Å²) in [5.41, 5.74) is 2.38. The highest BCUT2D eigenvalue weighted by atomic mass is 35.5. The van der Waals surface area contributed by atoms with Crippen molar-refractivity contribution in [2.45, 2.75) is 89.8 Å². The molecule has 4 bridgehead atoms. The summed E-state index contributed by atoms with van der Waals surface area (Å²) in [7, 11) is 0. The predicted octanol–water partition coefficient (Wildman–Crippen LogP) is 6.15. The zero-order chi connectivity index (χ0) is 21.6. The first-order chi connectivity index (χ1) is 14.9. The van der Waals surface area contributed by atoms with E-state index in [9.17, 15) is 4.79 Å². The van der Waals surface area contributed by atoms with Crippen molar-refractivity contribution in [2.24, 2.45) is 22.7 Å². The minimum absolute atomic E-state index is 0. The molecule has 0 spiro atoms. The van der Waals surface area contributed by atoms with E-state index in [4.69, 9.17) is 4.99 Å². The van der Waals surface area contributed by atoms with E-state index in [1.165, 1.54) is 49.3 Å². The Morgan fingerprint density at radius 3 is 2.25 bits per heavy atom. The second kappa shape index (κ2) is 9.58. The molecule has 6 heteroatoms. The van der Waals surface area contributed by atoms with Gasteiger partial charge in [0.2, 0.25) is 5.91 Å². The Morgan fingerprint density at radius 2 is 1.72 bits per heavy atom. The SMILES string of the molecule is CCc1ccc(NC(=O)CC2CS/C(=N\C34CC5CC(CC(C5)C3)C4)N2C(C)C)cc1.Cl. The third kappa shape index (κ3) is 4.84. The molecule has 176 valence electrons. The molecule has 1 aliphatic heterocycles. The van der Waals surface area contributed by atoms with Crippen LogP contribution in [0.15, 0.2) is 29.3 Å². The van der Waals surface area contributed by atoms with Gasteiger partial charge >= 0.3 is 0 Å². The Bertz CT molecular complexity index is 818. The maximum atomic E-state index is 12.8. The molecule has 5 fully saturated rings. The van der Waals surface area contributed by atoms with Crippen molar-refractivity contribution >= 4 is 40.9 Å². The summed E-state index contributed by atoms with van der Waals surface area (Å²) in [6.07, 6.45) is 9.80. The smallest absolute Gasteiger partial charge is 0.226 e. The van der Waals surface area contributed by atoms with E-state index < -0.39 is 0 Å². The van der Waals surface area contributed by atoms with Gasteiger partial charge in [0, 0.05) is 29.9 Å². The number of aryl methyl sites for hydroxylation is 1. The van der Waals surface area contributed by atoms with Gasteiger partial charge in [0.25, 0.3) is 0 Å². The number of nitrogens with zero attached hydrogens (tertiary/aromatic N) is 2. The van der Waals surface area contributed by atoms with Crippen LogP contribution in [-0.4, -0.2) is 39.4 Å². The number of amidine groups is 1. The molecule has 6 rings (SSSR count). The van der Waals surface area contributed by atoms with E-state index in [-0.39, 0.29) is 29.9 Å². The Kier molecular flexibility index (Phi) is 7.17. The summed E-state index contributed by atoms with van der Waals surface area (Å²) in [5.74, 6) is 3.81. The third-order valence-electron chi connectivity index (χ3n) is 7.98. The minimum Gasteiger partial charge on any atom is -0.345 e. The Morgan fingerprint density at radius 1 is 1.12 bits per heavy atom. The molecule has 1 amide bonds. The molecule has 1 atom stereocenters. The van der Waals surface area contributed by atoms with Gasteiger partial charge in [-0.3, -0.25) is 9.79 Å². The number of carbonyl (C=O) groups is 1. The average Bonchev–Trinajstić information content (AvgIpc) is 3.08. The Labute approximate surface area is 203 Å². The highest BCUT2D eigenvalue weighted by Gasteiger charge is 2.51. The Balaban J connectivity index is 0.00000245. The number of aliphatic imine (C=N–C) groups is 1. The summed E-state index contributed by atoms with van der Waals surface area (Å²) in [5, 5.41) is 4.32. The fourth-order valence-electron chi connectivity index (χ4n) is 7.03. The fourth-order valence-corrected chi connectivity index (χ4v) is 8.41. The maximum Gasteiger partial charge on any atom is 0.226 e. The van der Waals surface area contributed by atoms with Crippen LogP contribution in [0.25, 0.3) is 0 Å². The monoisotopic (exact) mass is 475 g/mol. The van der Waals surface area contributed by atoms with Crippen molar-refractivity contribution in [2.75, 3.05) is 11.1 Å². The van der Waals surface area contributed by atoms with Crippen LogP contribution in [0.1, 0.15) is 71.3 Å². The van der Waals surface area contributed by atoms with Gasteiger partial charge in [-0.1, -0.05) is 30.8 Å². The number of anilines is 1. The van der Waals surface area contributed by atoms with Gasteiger partial charge in [0.1, 0.15) is 0 Å². The maximum absolute atomic E-state index is 12.8. The molecule has 1 aromatic rings. The lowest BCUT2D eigenvalue weighted by molar-refractivity contribution is -0.117. The van der Waals surface area contributed by atoms with Crippen LogP contribution in [0.4, 0.5) is 5.69 Å². The van der Waals surface area contributed by atoms with Crippen LogP contribution in [0, 0.1) is 17.8 Å². The van der Waals surface area contributed by atoms with Gasteiger partial charge in [-0.05, 0) is 94.2 Å². The molecule has 5 aliphatic rings. The summed E-state index contributed by atoms with van der Waals surface area (Å²) in [4.78, 5) is 20.8. The van der Waals surface area contributed by atoms with Gasteiger partial charge in [0.15, 0.2) is 5.17 Å². The van der Waals surface area contributed by atoms with Crippen molar-refractivity contribution in [1.29, 1.82) is 0 Å². The number of benzene rings is 1. The van der Waals surface area contributed by atoms with E-state index in [0.29, 0.717) is 12.5 Å². The molecule has 0 aromatic heterocycles. The quantitative estimate of drug-likeness (QED) is 0.536. The first-order valence-electron chi connectivity index (χ1n) is 12.3. The highest BCUT2D eigenvalue weighted by molar-refractivity contribution is 8.14. The number of carbonyl (C=O) groups excluding carboxylic acids is 1. The summed E-state index contributed by atoms with van der Waals surface area (Å²) in [6, 6.07) is 8.81. The second-order valence-corrected chi connectivity index (χ2v) is 11.8. The van der Waals surface area contributed by atoms with Gasteiger partial charge in [-0.2, -0.15) is 0 Å². The molecule has 4 nitrogen and oxygen atoms in total. The number of halogens is 1. The van der Waals surface area contributed by atoms with Gasteiger partial charge < -0.3 is 10.2 Å². The van der Waals surface area contributed by atoms with Crippen LogP contribution < -0.4 is 5.32 Å². The fraction of sp³-hybridized carbons (Fsp3) is 0.692. The van der Waals surface area contributed by atoms with Crippen LogP contribution in [0.5, 0.6) is 0 Å². The number of hydrogen-bond donors (Lipinski definition) is 1. The van der Waals surface area contributed by atoms with Gasteiger partial charge in [0.05, 0.1) is 5.54 Å². The van der Waals surface area contributed by atoms with Crippen molar-refractivity contribution in [1.82, 2.24) is 4.90 Å². The van der Waals surface area contributed by atoms with E-state index in [0.717, 1.165) is 35.6 Å². The predicted molar refractivity (Wildman–Crippen MR) is 138 cm³/mol. The van der Waals surface area contributed by atoms with Crippen LogP contribution in [0.3, 0.4) is 0 Å². The van der Waals surface area contributed by atoms with Crippen LogP contribution >= 0.6 is 24.2 Å². The number of thioether (sulfide) groups is 1. The molecule has 1 N–H and O–H groups in total. The van der Waals surface area contributed by atoms with Crippen molar-refractivity contribution in [3.05, 3.63) is 29.8 Å². The largest absolute Gasteiger partial charge is 0.345 e. The normalized spacial score (nSPS) is 34.2. The van der Waals surface area contributed by atoms with Crippen LogP contribution in [-0.2, 0) is 11.2 Å². The van der Waals surface area contributed by atoms with E-state index in [1.807, 2.05) is 23.9 Å². The molecule has 1 aromatic carbocycles. The molecular weight excluding hydrogens is 438 g/mol. The molecule has 32 heavy (non-hydrogen) atoms. The molecule has 1 unspecified atom stereocenters. The van der Waals surface area contributed by atoms with Crippen molar-refractivity contribution in [3.8, 4) is 0 Å². The first-order valence-corrected chi connectivity index (χ1v) is 13.3. The summed E-state index contributed by atoms with van der Waals surface area (Å²) >= 11 is 1.88.